The van der Waals surface area contributed by atoms with Crippen LogP contribution < -0.4 is 0 Å². The molecule has 0 saturated carbocycles. The average Bonchev–Trinajstić information content (AvgIpc) is 3.17. The fourth-order valence-electron chi connectivity index (χ4n) is 3.27. The minimum atomic E-state index is -0.524. The quantitative estimate of drug-likeness (QED) is 0.281. The lowest BCUT2D eigenvalue weighted by Crippen LogP contribution is -2.15. The number of phenolic OH excluding ortho intramolecular Hbond substituents is 1. The molecule has 1 aromatic heterocycles. The summed E-state index contributed by atoms with van der Waals surface area (Å²) in [7, 11) is 0. The molecular formula is C25H28ClN3O5. The van der Waals surface area contributed by atoms with E-state index in [2.05, 4.69) is 16.8 Å². The van der Waals surface area contributed by atoms with E-state index < -0.39 is 11.9 Å². The molecule has 9 heteroatoms. The number of carbonyl (C=O) groups is 2. The third-order valence-electron chi connectivity index (χ3n) is 5.06. The van der Waals surface area contributed by atoms with E-state index in [9.17, 15) is 14.7 Å². The van der Waals surface area contributed by atoms with E-state index in [-0.39, 0.29) is 36.4 Å². The first-order valence-electron chi connectivity index (χ1n) is 10.8. The van der Waals surface area contributed by atoms with Gasteiger partial charge in [-0.05, 0) is 48.6 Å². The molecule has 0 spiro atoms. The van der Waals surface area contributed by atoms with Crippen LogP contribution in [0.5, 0.6) is 5.75 Å². The Morgan fingerprint density at radius 2 is 1.76 bits per heavy atom. The van der Waals surface area contributed by atoms with Crippen molar-refractivity contribution in [2.75, 3.05) is 13.2 Å². The van der Waals surface area contributed by atoms with Crippen molar-refractivity contribution in [3.8, 4) is 11.4 Å². The average molecular weight is 486 g/mol. The highest BCUT2D eigenvalue weighted by molar-refractivity contribution is 6.31. The Bertz CT molecular complexity index is 1240. The number of aromatic hydroxyl groups is 1. The van der Waals surface area contributed by atoms with Crippen molar-refractivity contribution in [3.05, 3.63) is 58.6 Å². The second-order valence-electron chi connectivity index (χ2n) is 9.02. The lowest BCUT2D eigenvalue weighted by Gasteiger charge is -2.23. The molecule has 0 fully saturated rings. The van der Waals surface area contributed by atoms with Gasteiger partial charge in [-0.3, -0.25) is 4.79 Å². The Morgan fingerprint density at radius 1 is 1.09 bits per heavy atom. The van der Waals surface area contributed by atoms with Gasteiger partial charge < -0.3 is 14.6 Å². The molecule has 2 aromatic carbocycles. The number of ether oxygens (including phenoxy) is 2. The molecule has 180 valence electrons. The minimum absolute atomic E-state index is 0.0295. The van der Waals surface area contributed by atoms with E-state index in [0.717, 1.165) is 5.56 Å². The van der Waals surface area contributed by atoms with Gasteiger partial charge in [0.2, 0.25) is 0 Å². The number of hydrogen-bond acceptors (Lipinski definition) is 7. The van der Waals surface area contributed by atoms with Crippen molar-refractivity contribution in [1.82, 2.24) is 15.0 Å². The van der Waals surface area contributed by atoms with Crippen LogP contribution in [-0.4, -0.2) is 45.3 Å². The van der Waals surface area contributed by atoms with Crippen LogP contribution in [0.25, 0.3) is 16.7 Å². The maximum Gasteiger partial charge on any atom is 0.333 e. The summed E-state index contributed by atoms with van der Waals surface area (Å²) in [6, 6.07) is 8.82. The van der Waals surface area contributed by atoms with Crippen LogP contribution in [0, 0.1) is 0 Å². The van der Waals surface area contributed by atoms with Gasteiger partial charge in [0.25, 0.3) is 0 Å². The number of carbonyl (C=O) groups excluding carboxylic acids is 2. The van der Waals surface area contributed by atoms with Crippen molar-refractivity contribution in [1.29, 1.82) is 0 Å². The van der Waals surface area contributed by atoms with Crippen LogP contribution in [0.3, 0.4) is 0 Å². The molecule has 34 heavy (non-hydrogen) atoms. The van der Waals surface area contributed by atoms with Crippen LogP contribution in [0.2, 0.25) is 5.02 Å². The summed E-state index contributed by atoms with van der Waals surface area (Å²) < 4.78 is 10.1. The number of aromatic nitrogens is 3. The van der Waals surface area contributed by atoms with Gasteiger partial charge in [0.1, 0.15) is 35.7 Å². The lowest BCUT2D eigenvalue weighted by molar-refractivity contribution is -0.150. The number of nitrogens with zero attached hydrogens (tertiary/aromatic N) is 3. The molecule has 8 nitrogen and oxygen atoms in total. The van der Waals surface area contributed by atoms with E-state index in [1.54, 1.807) is 31.2 Å². The number of aryl methyl sites for hydroxylation is 1. The molecule has 3 rings (SSSR count). The Balaban J connectivity index is 1.78. The third-order valence-corrected chi connectivity index (χ3v) is 5.30. The maximum atomic E-state index is 12.2. The fraction of sp³-hybridized carbons (Fsp3) is 0.360. The lowest BCUT2D eigenvalue weighted by atomic mass is 9.84. The normalized spacial score (nSPS) is 11.4. The summed E-state index contributed by atoms with van der Waals surface area (Å²) in [6.07, 6.45) is 0.500. The predicted octanol–water partition coefficient (Wildman–Crippen LogP) is 4.67. The second kappa shape index (κ2) is 10.3. The first-order chi connectivity index (χ1) is 16.0. The Labute approximate surface area is 203 Å². The van der Waals surface area contributed by atoms with Gasteiger partial charge in [0.15, 0.2) is 0 Å². The van der Waals surface area contributed by atoms with Gasteiger partial charge in [-0.15, -0.1) is 15.0 Å². The van der Waals surface area contributed by atoms with Gasteiger partial charge in [0, 0.05) is 22.6 Å². The monoisotopic (exact) mass is 485 g/mol. The van der Waals surface area contributed by atoms with Crippen LogP contribution in [-0.2, 0) is 30.9 Å². The number of phenols is 1. The van der Waals surface area contributed by atoms with Crippen molar-refractivity contribution < 1.29 is 24.2 Å². The molecule has 0 aliphatic rings. The van der Waals surface area contributed by atoms with Gasteiger partial charge in [-0.25, -0.2) is 4.79 Å². The molecule has 0 saturated heterocycles. The highest BCUT2D eigenvalue weighted by Gasteiger charge is 2.23. The number of fused-ring (bicyclic) bond motifs is 1. The van der Waals surface area contributed by atoms with Gasteiger partial charge >= 0.3 is 11.9 Å². The van der Waals surface area contributed by atoms with Gasteiger partial charge in [-0.1, -0.05) is 45.0 Å². The Hall–Kier alpha value is -3.39. The standard InChI is InChI=1S/C25H28ClN3O5/c1-15(2)24(32)34-11-10-33-22(30)9-6-16-12-18(25(3,4)5)23(31)21(13-16)29-27-19-8-7-17(26)14-20(19)28-29/h7-8,12-14,31H,1,6,9-11H2,2-5H3. The van der Waals surface area contributed by atoms with Gasteiger partial charge in [0.05, 0.1) is 0 Å². The van der Waals surface area contributed by atoms with Crippen LogP contribution in [0.15, 0.2) is 42.5 Å². The molecule has 0 radical (unpaired) electrons. The first kappa shape index (κ1) is 25.2. The summed E-state index contributed by atoms with van der Waals surface area (Å²) >= 11 is 6.06. The zero-order valence-electron chi connectivity index (χ0n) is 19.7. The number of rotatable bonds is 8. The van der Waals surface area contributed by atoms with Crippen molar-refractivity contribution in [2.45, 2.75) is 46.0 Å². The van der Waals surface area contributed by atoms with Crippen molar-refractivity contribution in [3.63, 3.8) is 0 Å². The molecule has 0 atom stereocenters. The van der Waals surface area contributed by atoms with Gasteiger partial charge in [-0.2, -0.15) is 0 Å². The molecular weight excluding hydrogens is 458 g/mol. The highest BCUT2D eigenvalue weighted by atomic mass is 35.5. The molecule has 0 amide bonds. The van der Waals surface area contributed by atoms with Crippen LogP contribution >= 0.6 is 11.6 Å². The summed E-state index contributed by atoms with van der Waals surface area (Å²) in [5.74, 6) is -0.870. The summed E-state index contributed by atoms with van der Waals surface area (Å²) in [6.45, 7) is 10.9. The number of halogens is 1. The molecule has 0 aliphatic heterocycles. The van der Waals surface area contributed by atoms with E-state index in [0.29, 0.717) is 33.7 Å². The summed E-state index contributed by atoms with van der Waals surface area (Å²) in [5.41, 5.74) is 3.11. The van der Waals surface area contributed by atoms with Crippen LogP contribution in [0.4, 0.5) is 0 Å². The largest absolute Gasteiger partial charge is 0.505 e. The maximum absolute atomic E-state index is 12.2. The van der Waals surface area contributed by atoms with E-state index in [1.165, 1.54) is 4.80 Å². The third kappa shape index (κ3) is 6.14. The molecule has 1 N–H and O–H groups in total. The fourth-order valence-corrected chi connectivity index (χ4v) is 3.44. The van der Waals surface area contributed by atoms with E-state index in [4.69, 9.17) is 21.1 Å². The first-order valence-corrected chi connectivity index (χ1v) is 11.2. The van der Waals surface area contributed by atoms with E-state index >= 15 is 0 Å². The zero-order chi connectivity index (χ0) is 25.0. The number of benzene rings is 2. The Kier molecular flexibility index (Phi) is 7.61. The van der Waals surface area contributed by atoms with Crippen LogP contribution in [0.1, 0.15) is 45.2 Å². The number of hydrogen-bond donors (Lipinski definition) is 1. The summed E-state index contributed by atoms with van der Waals surface area (Å²) in [5, 5.41) is 20.5. The predicted molar refractivity (Wildman–Crippen MR) is 129 cm³/mol. The molecule has 0 unspecified atom stereocenters. The SMILES string of the molecule is C=C(C)C(=O)OCCOC(=O)CCc1cc(-n2nc3ccc(Cl)cc3n2)c(O)c(C(C)(C)C)c1. The highest BCUT2D eigenvalue weighted by Crippen LogP contribution is 2.36. The smallest absolute Gasteiger partial charge is 0.333 e. The van der Waals surface area contributed by atoms with Crippen molar-refractivity contribution in [2.24, 2.45) is 0 Å². The number of esters is 2. The second-order valence-corrected chi connectivity index (χ2v) is 9.46. The van der Waals surface area contributed by atoms with Crippen molar-refractivity contribution >= 4 is 34.6 Å². The molecule has 0 aliphatic carbocycles. The minimum Gasteiger partial charge on any atom is -0.505 e. The molecule has 0 bridgehead atoms. The van der Waals surface area contributed by atoms with E-state index in [1.807, 2.05) is 26.8 Å². The molecule has 3 aromatic rings. The Morgan fingerprint density at radius 3 is 2.44 bits per heavy atom. The molecule has 1 heterocycles. The topological polar surface area (TPSA) is 104 Å². The summed E-state index contributed by atoms with van der Waals surface area (Å²) in [4.78, 5) is 24.9. The zero-order valence-corrected chi connectivity index (χ0v) is 20.5.